The number of hydrogen-bond acceptors (Lipinski definition) is 3. The van der Waals surface area contributed by atoms with Gasteiger partial charge in [-0.05, 0) is 6.42 Å². The third-order valence-corrected chi connectivity index (χ3v) is 1.68. The maximum absolute atomic E-state index is 11.0. The van der Waals surface area contributed by atoms with Crippen LogP contribution in [0.3, 0.4) is 0 Å². The number of aryl methyl sites for hydroxylation is 1. The predicted molar refractivity (Wildman–Crippen MR) is 34.7 cm³/mol. The van der Waals surface area contributed by atoms with E-state index in [-0.39, 0.29) is 5.78 Å². The Morgan fingerprint density at radius 1 is 1.40 bits per heavy atom. The van der Waals surface area contributed by atoms with E-state index in [4.69, 9.17) is 0 Å². The summed E-state index contributed by atoms with van der Waals surface area (Å²) in [7, 11) is 0. The van der Waals surface area contributed by atoms with Crippen molar-refractivity contribution in [1.29, 1.82) is 0 Å². The van der Waals surface area contributed by atoms with Crippen LogP contribution in [0.5, 0.6) is 0 Å². The average molecular weight is 134 g/mol. The molecule has 1 aromatic rings. The summed E-state index contributed by atoms with van der Waals surface area (Å²) in [6.45, 7) is 0. The van der Waals surface area contributed by atoms with Gasteiger partial charge in [-0.2, -0.15) is 0 Å². The van der Waals surface area contributed by atoms with E-state index in [1.165, 1.54) is 6.33 Å². The van der Waals surface area contributed by atoms with Crippen LogP contribution in [0.15, 0.2) is 12.5 Å². The lowest BCUT2D eigenvalue weighted by molar-refractivity contribution is 0.0994. The summed E-state index contributed by atoms with van der Waals surface area (Å²) < 4.78 is 0. The van der Waals surface area contributed by atoms with Crippen molar-refractivity contribution in [3.63, 3.8) is 0 Å². The summed E-state index contributed by atoms with van der Waals surface area (Å²) in [6.07, 6.45) is 4.47. The third-order valence-electron chi connectivity index (χ3n) is 1.68. The van der Waals surface area contributed by atoms with E-state index in [1.807, 2.05) is 0 Å². The molecule has 0 saturated heterocycles. The lowest BCUT2D eigenvalue weighted by Gasteiger charge is -1.90. The molecule has 2 rings (SSSR count). The number of aromatic nitrogens is 2. The van der Waals surface area contributed by atoms with E-state index < -0.39 is 0 Å². The Bertz CT molecular complexity index is 283. The normalized spacial score (nSPS) is 15.4. The molecule has 1 aromatic heterocycles. The van der Waals surface area contributed by atoms with Gasteiger partial charge in [-0.15, -0.1) is 0 Å². The molecule has 0 unspecified atom stereocenters. The largest absolute Gasteiger partial charge is 0.294 e. The monoisotopic (exact) mass is 134 g/mol. The molecule has 3 nitrogen and oxygen atoms in total. The Balaban J connectivity index is 2.61. The molecule has 1 aliphatic rings. The zero-order valence-corrected chi connectivity index (χ0v) is 5.37. The molecule has 50 valence electrons. The van der Waals surface area contributed by atoms with Crippen molar-refractivity contribution in [2.24, 2.45) is 0 Å². The van der Waals surface area contributed by atoms with Gasteiger partial charge < -0.3 is 0 Å². The van der Waals surface area contributed by atoms with Gasteiger partial charge in [0.25, 0.3) is 0 Å². The Morgan fingerprint density at radius 2 is 2.30 bits per heavy atom. The van der Waals surface area contributed by atoms with Crippen LogP contribution in [-0.4, -0.2) is 15.8 Å². The summed E-state index contributed by atoms with van der Waals surface area (Å²) in [5.74, 6) is 0.176. The van der Waals surface area contributed by atoms with Crippen LogP contribution in [-0.2, 0) is 6.42 Å². The maximum Gasteiger partial charge on any atom is 0.166 e. The number of Topliss-reactive ketones (excluding diaryl/α,β-unsaturated/α-hetero) is 1. The van der Waals surface area contributed by atoms with Gasteiger partial charge in [0.2, 0.25) is 0 Å². The van der Waals surface area contributed by atoms with Gasteiger partial charge in [0.1, 0.15) is 6.33 Å². The predicted octanol–water partition coefficient (Wildman–Crippen LogP) is 0.605. The zero-order valence-electron chi connectivity index (χ0n) is 5.37. The van der Waals surface area contributed by atoms with Crippen molar-refractivity contribution in [2.45, 2.75) is 12.8 Å². The smallest absolute Gasteiger partial charge is 0.166 e. The fourth-order valence-electron chi connectivity index (χ4n) is 1.15. The van der Waals surface area contributed by atoms with Crippen molar-refractivity contribution >= 4 is 5.78 Å². The van der Waals surface area contributed by atoms with E-state index >= 15 is 0 Å². The first-order valence-corrected chi connectivity index (χ1v) is 3.20. The summed E-state index contributed by atoms with van der Waals surface area (Å²) >= 11 is 0. The summed E-state index contributed by atoms with van der Waals surface area (Å²) in [5, 5.41) is 0. The SMILES string of the molecule is O=C1CCc2ncncc21. The molecule has 1 heterocycles. The van der Waals surface area contributed by atoms with Crippen LogP contribution in [0.25, 0.3) is 0 Å². The minimum Gasteiger partial charge on any atom is -0.294 e. The van der Waals surface area contributed by atoms with Gasteiger partial charge in [-0.3, -0.25) is 4.79 Å². The zero-order chi connectivity index (χ0) is 6.97. The van der Waals surface area contributed by atoms with E-state index in [2.05, 4.69) is 9.97 Å². The van der Waals surface area contributed by atoms with Gasteiger partial charge in [0.15, 0.2) is 5.78 Å². The van der Waals surface area contributed by atoms with Crippen molar-refractivity contribution in [3.05, 3.63) is 23.8 Å². The van der Waals surface area contributed by atoms with E-state index in [9.17, 15) is 4.79 Å². The second kappa shape index (κ2) is 1.87. The molecule has 0 aromatic carbocycles. The standard InChI is InChI=1S/C7H6N2O/c10-7-2-1-6-5(7)3-8-4-9-6/h3-4H,1-2H2. The van der Waals surface area contributed by atoms with Crippen LogP contribution in [0.2, 0.25) is 0 Å². The van der Waals surface area contributed by atoms with Gasteiger partial charge in [-0.1, -0.05) is 0 Å². The average Bonchev–Trinajstić information content (AvgIpc) is 2.34. The number of carbonyl (C=O) groups excluding carboxylic acids is 1. The highest BCUT2D eigenvalue weighted by molar-refractivity contribution is 5.99. The lowest BCUT2D eigenvalue weighted by Crippen LogP contribution is -1.93. The van der Waals surface area contributed by atoms with Crippen LogP contribution >= 0.6 is 0 Å². The molecule has 0 atom stereocenters. The third kappa shape index (κ3) is 0.635. The number of hydrogen-bond donors (Lipinski definition) is 0. The molecule has 0 aliphatic heterocycles. The molecule has 0 bridgehead atoms. The van der Waals surface area contributed by atoms with Crippen molar-refractivity contribution in [2.75, 3.05) is 0 Å². The van der Waals surface area contributed by atoms with Crippen molar-refractivity contribution in [3.8, 4) is 0 Å². The minimum atomic E-state index is 0.176. The number of carbonyl (C=O) groups is 1. The Morgan fingerprint density at radius 3 is 3.10 bits per heavy atom. The Kier molecular flexibility index (Phi) is 1.03. The quantitative estimate of drug-likeness (QED) is 0.522. The van der Waals surface area contributed by atoms with Crippen LogP contribution in [0.1, 0.15) is 22.5 Å². The van der Waals surface area contributed by atoms with Crippen LogP contribution in [0.4, 0.5) is 0 Å². The van der Waals surface area contributed by atoms with Gasteiger partial charge in [0.05, 0.1) is 11.3 Å². The Hall–Kier alpha value is -1.25. The number of nitrogens with zero attached hydrogens (tertiary/aromatic N) is 2. The second-order valence-electron chi connectivity index (χ2n) is 2.31. The Labute approximate surface area is 58.1 Å². The molecule has 0 radical (unpaired) electrons. The molecular formula is C7H6N2O. The first kappa shape index (κ1) is 5.53. The van der Waals surface area contributed by atoms with Crippen LogP contribution in [0, 0.1) is 0 Å². The first-order valence-electron chi connectivity index (χ1n) is 3.20. The molecule has 0 spiro atoms. The number of ketones is 1. The fraction of sp³-hybridized carbons (Fsp3) is 0.286. The number of fused-ring (bicyclic) bond motifs is 1. The topological polar surface area (TPSA) is 42.9 Å². The summed E-state index contributed by atoms with van der Waals surface area (Å²) in [6, 6.07) is 0. The molecule has 0 fully saturated rings. The first-order chi connectivity index (χ1) is 4.88. The molecule has 3 heteroatoms. The highest BCUT2D eigenvalue weighted by Crippen LogP contribution is 2.17. The highest BCUT2D eigenvalue weighted by atomic mass is 16.1. The molecule has 10 heavy (non-hydrogen) atoms. The molecule has 0 saturated carbocycles. The maximum atomic E-state index is 11.0. The molecule has 0 N–H and O–H groups in total. The van der Waals surface area contributed by atoms with E-state index in [1.54, 1.807) is 6.20 Å². The van der Waals surface area contributed by atoms with Gasteiger partial charge in [-0.25, -0.2) is 9.97 Å². The summed E-state index contributed by atoms with van der Waals surface area (Å²) in [5.41, 5.74) is 1.61. The van der Waals surface area contributed by atoms with E-state index in [0.29, 0.717) is 12.0 Å². The van der Waals surface area contributed by atoms with Crippen molar-refractivity contribution in [1.82, 2.24) is 9.97 Å². The molecular weight excluding hydrogens is 128 g/mol. The lowest BCUT2D eigenvalue weighted by atomic mass is 10.2. The molecule has 1 aliphatic carbocycles. The van der Waals surface area contributed by atoms with Crippen LogP contribution < -0.4 is 0 Å². The fourth-order valence-corrected chi connectivity index (χ4v) is 1.15. The highest BCUT2D eigenvalue weighted by Gasteiger charge is 2.19. The van der Waals surface area contributed by atoms with Crippen molar-refractivity contribution < 1.29 is 4.79 Å². The molecule has 0 amide bonds. The van der Waals surface area contributed by atoms with Gasteiger partial charge >= 0.3 is 0 Å². The number of rotatable bonds is 0. The van der Waals surface area contributed by atoms with E-state index in [0.717, 1.165) is 12.1 Å². The van der Waals surface area contributed by atoms with Gasteiger partial charge in [0, 0.05) is 12.6 Å². The summed E-state index contributed by atoms with van der Waals surface area (Å²) in [4.78, 5) is 18.7. The second-order valence-corrected chi connectivity index (χ2v) is 2.31. The minimum absolute atomic E-state index is 0.176.